The minimum atomic E-state index is -0.262. The van der Waals surface area contributed by atoms with Crippen molar-refractivity contribution in [2.24, 2.45) is 11.3 Å². The van der Waals surface area contributed by atoms with Gasteiger partial charge in [-0.25, -0.2) is 4.79 Å². The van der Waals surface area contributed by atoms with Crippen LogP contribution in [0.2, 0.25) is 0 Å². The van der Waals surface area contributed by atoms with Crippen molar-refractivity contribution >= 4 is 11.8 Å². The Labute approximate surface area is 119 Å². The van der Waals surface area contributed by atoms with Gasteiger partial charge in [-0.1, -0.05) is 25.9 Å². The molecule has 112 valence electrons. The molecule has 2 amide bonds. The van der Waals surface area contributed by atoms with E-state index in [2.05, 4.69) is 36.6 Å². The number of urea groups is 1. The van der Waals surface area contributed by atoms with Crippen LogP contribution in [-0.2, 0) is 4.74 Å². The van der Waals surface area contributed by atoms with Crippen LogP contribution >= 0.6 is 0 Å². The molecule has 2 rings (SSSR count). The molecule has 1 fully saturated rings. The van der Waals surface area contributed by atoms with Crippen LogP contribution in [0.5, 0.6) is 0 Å². The van der Waals surface area contributed by atoms with Crippen molar-refractivity contribution < 1.29 is 14.1 Å². The minimum absolute atomic E-state index is 0.0853. The summed E-state index contributed by atoms with van der Waals surface area (Å²) >= 11 is 0. The van der Waals surface area contributed by atoms with Crippen molar-refractivity contribution in [3.05, 3.63) is 11.8 Å². The average molecular weight is 281 g/mol. The van der Waals surface area contributed by atoms with Crippen LogP contribution in [0.1, 0.15) is 32.8 Å². The van der Waals surface area contributed by atoms with Gasteiger partial charge in [-0.05, 0) is 18.8 Å². The molecule has 1 aromatic heterocycles. The van der Waals surface area contributed by atoms with Gasteiger partial charge in [0.25, 0.3) is 0 Å². The number of nitrogens with zero attached hydrogens (tertiary/aromatic N) is 1. The fourth-order valence-corrected chi connectivity index (χ4v) is 2.58. The number of hydrogen-bond acceptors (Lipinski definition) is 4. The molecule has 0 unspecified atom stereocenters. The Morgan fingerprint density at radius 1 is 1.50 bits per heavy atom. The summed E-state index contributed by atoms with van der Waals surface area (Å²) in [5, 5.41) is 9.27. The van der Waals surface area contributed by atoms with Gasteiger partial charge in [-0.3, -0.25) is 5.32 Å². The third-order valence-corrected chi connectivity index (χ3v) is 3.57. The van der Waals surface area contributed by atoms with Gasteiger partial charge in [-0.2, -0.15) is 0 Å². The van der Waals surface area contributed by atoms with Crippen LogP contribution < -0.4 is 10.6 Å². The molecule has 1 aliphatic rings. The Morgan fingerprint density at radius 3 is 2.85 bits per heavy atom. The zero-order chi connectivity index (χ0) is 14.8. The SMILES string of the molecule is Cc1conc1NC(=O)NC[C@H]1CCO[C@@H]1C(C)(C)C. The van der Waals surface area contributed by atoms with Crippen LogP contribution in [0.25, 0.3) is 0 Å². The summed E-state index contributed by atoms with van der Waals surface area (Å²) in [5.41, 5.74) is 0.888. The van der Waals surface area contributed by atoms with Gasteiger partial charge in [0.1, 0.15) is 6.26 Å². The standard InChI is InChI=1S/C14H23N3O3/c1-9-8-20-17-12(9)16-13(18)15-7-10-5-6-19-11(10)14(2,3)4/h8,10-11H,5-7H2,1-4H3,(H2,15,16,17,18)/t10-,11+/m1/s1. The lowest BCUT2D eigenvalue weighted by Gasteiger charge is -2.31. The Balaban J connectivity index is 1.83. The molecule has 0 radical (unpaired) electrons. The number of aryl methyl sites for hydroxylation is 1. The quantitative estimate of drug-likeness (QED) is 0.892. The van der Waals surface area contributed by atoms with Gasteiger partial charge in [0.05, 0.1) is 6.10 Å². The zero-order valence-electron chi connectivity index (χ0n) is 12.5. The molecule has 2 heterocycles. The summed E-state index contributed by atoms with van der Waals surface area (Å²) in [7, 11) is 0. The maximum Gasteiger partial charge on any atom is 0.320 e. The van der Waals surface area contributed by atoms with E-state index >= 15 is 0 Å². The fourth-order valence-electron chi connectivity index (χ4n) is 2.58. The van der Waals surface area contributed by atoms with E-state index in [4.69, 9.17) is 9.26 Å². The van der Waals surface area contributed by atoms with Crippen molar-refractivity contribution in [3.63, 3.8) is 0 Å². The Hall–Kier alpha value is -1.56. The van der Waals surface area contributed by atoms with Gasteiger partial charge in [-0.15, -0.1) is 0 Å². The number of nitrogens with one attached hydrogen (secondary N) is 2. The third-order valence-electron chi connectivity index (χ3n) is 3.57. The molecule has 0 aliphatic carbocycles. The lowest BCUT2D eigenvalue weighted by molar-refractivity contribution is 0.00782. The van der Waals surface area contributed by atoms with Crippen molar-refractivity contribution in [1.29, 1.82) is 0 Å². The molecule has 6 nitrogen and oxygen atoms in total. The van der Waals surface area contributed by atoms with Crippen LogP contribution in [0, 0.1) is 18.3 Å². The average Bonchev–Trinajstić information content (AvgIpc) is 2.96. The van der Waals surface area contributed by atoms with Crippen LogP contribution in [-0.4, -0.2) is 30.4 Å². The molecule has 20 heavy (non-hydrogen) atoms. The number of hydrogen-bond donors (Lipinski definition) is 2. The number of amides is 2. The first-order valence-electron chi connectivity index (χ1n) is 6.95. The zero-order valence-corrected chi connectivity index (χ0v) is 12.5. The van der Waals surface area contributed by atoms with Gasteiger partial charge in [0.15, 0.2) is 5.82 Å². The highest BCUT2D eigenvalue weighted by atomic mass is 16.5. The van der Waals surface area contributed by atoms with Crippen LogP contribution in [0.4, 0.5) is 10.6 Å². The van der Waals surface area contributed by atoms with Gasteiger partial charge >= 0.3 is 6.03 Å². The van der Waals surface area contributed by atoms with E-state index in [-0.39, 0.29) is 17.6 Å². The Bertz CT molecular complexity index is 464. The maximum atomic E-state index is 11.8. The van der Waals surface area contributed by atoms with Crippen LogP contribution in [0.3, 0.4) is 0 Å². The fraction of sp³-hybridized carbons (Fsp3) is 0.714. The van der Waals surface area contributed by atoms with Crippen molar-refractivity contribution in [2.45, 2.75) is 40.2 Å². The molecule has 0 spiro atoms. The van der Waals surface area contributed by atoms with E-state index in [0.717, 1.165) is 18.6 Å². The maximum absolute atomic E-state index is 11.8. The number of carbonyl (C=O) groups excluding carboxylic acids is 1. The lowest BCUT2D eigenvalue weighted by atomic mass is 9.81. The highest BCUT2D eigenvalue weighted by Crippen LogP contribution is 2.34. The Kier molecular flexibility index (Phi) is 4.32. The molecule has 2 N–H and O–H groups in total. The summed E-state index contributed by atoms with van der Waals surface area (Å²) in [6.45, 7) is 9.67. The van der Waals surface area contributed by atoms with Crippen molar-refractivity contribution in [1.82, 2.24) is 10.5 Å². The molecule has 0 saturated carbocycles. The predicted octanol–water partition coefficient (Wildman–Crippen LogP) is 2.56. The van der Waals surface area contributed by atoms with Crippen molar-refractivity contribution in [2.75, 3.05) is 18.5 Å². The molecule has 6 heteroatoms. The highest BCUT2D eigenvalue weighted by Gasteiger charge is 2.37. The van der Waals surface area contributed by atoms with Gasteiger partial charge < -0.3 is 14.6 Å². The first-order valence-corrected chi connectivity index (χ1v) is 6.95. The largest absolute Gasteiger partial charge is 0.377 e. The van der Waals surface area contributed by atoms with Crippen LogP contribution in [0.15, 0.2) is 10.8 Å². The number of carbonyl (C=O) groups is 1. The molecule has 1 aromatic rings. The van der Waals surface area contributed by atoms with E-state index in [1.807, 2.05) is 6.92 Å². The predicted molar refractivity (Wildman–Crippen MR) is 75.6 cm³/mol. The van der Waals surface area contributed by atoms with E-state index in [1.165, 1.54) is 6.26 Å². The van der Waals surface area contributed by atoms with E-state index in [0.29, 0.717) is 18.3 Å². The molecule has 2 atom stereocenters. The van der Waals surface area contributed by atoms with Crippen molar-refractivity contribution in [3.8, 4) is 0 Å². The van der Waals surface area contributed by atoms with E-state index in [1.54, 1.807) is 0 Å². The molecular formula is C14H23N3O3. The first-order chi connectivity index (χ1) is 9.38. The van der Waals surface area contributed by atoms with E-state index in [9.17, 15) is 4.79 Å². The highest BCUT2D eigenvalue weighted by molar-refractivity contribution is 5.88. The summed E-state index contributed by atoms with van der Waals surface area (Å²) < 4.78 is 10.6. The summed E-state index contributed by atoms with van der Waals surface area (Å²) in [6, 6.07) is -0.262. The summed E-state index contributed by atoms with van der Waals surface area (Å²) in [4.78, 5) is 11.8. The number of rotatable bonds is 3. The summed E-state index contributed by atoms with van der Waals surface area (Å²) in [6.07, 6.45) is 2.65. The van der Waals surface area contributed by atoms with Gasteiger partial charge in [0, 0.05) is 24.6 Å². The molecular weight excluding hydrogens is 258 g/mol. The second kappa shape index (κ2) is 5.83. The normalized spacial score (nSPS) is 22.8. The topological polar surface area (TPSA) is 76.4 Å². The molecule has 0 aromatic carbocycles. The van der Waals surface area contributed by atoms with Gasteiger partial charge in [0.2, 0.25) is 0 Å². The second-order valence-electron chi connectivity index (χ2n) is 6.39. The third kappa shape index (κ3) is 3.50. The molecule has 1 aliphatic heterocycles. The monoisotopic (exact) mass is 281 g/mol. The summed E-state index contributed by atoms with van der Waals surface area (Å²) in [5.74, 6) is 0.802. The number of ether oxygens (including phenoxy) is 1. The number of aromatic nitrogens is 1. The Morgan fingerprint density at radius 2 is 2.25 bits per heavy atom. The smallest absolute Gasteiger partial charge is 0.320 e. The molecule has 0 bridgehead atoms. The minimum Gasteiger partial charge on any atom is -0.377 e. The second-order valence-corrected chi connectivity index (χ2v) is 6.39. The van der Waals surface area contributed by atoms with E-state index < -0.39 is 0 Å². The number of anilines is 1. The first kappa shape index (κ1) is 14.8. The molecule has 1 saturated heterocycles. The lowest BCUT2D eigenvalue weighted by Crippen LogP contribution is -2.40.